The molecule has 0 aliphatic heterocycles. The number of benzene rings is 1. The van der Waals surface area contributed by atoms with E-state index >= 15 is 0 Å². The van der Waals surface area contributed by atoms with E-state index in [2.05, 4.69) is 5.10 Å². The van der Waals surface area contributed by atoms with Crippen LogP contribution in [0.4, 0.5) is 0 Å². The van der Waals surface area contributed by atoms with Gasteiger partial charge in [0.1, 0.15) is 5.60 Å². The molecule has 0 unspecified atom stereocenters. The Kier molecular flexibility index (Phi) is 4.98. The Balaban J connectivity index is 2.02. The van der Waals surface area contributed by atoms with Crippen LogP contribution in [0.15, 0.2) is 36.7 Å². The summed E-state index contributed by atoms with van der Waals surface area (Å²) in [5.41, 5.74) is 2.27. The van der Waals surface area contributed by atoms with Crippen LogP contribution < -0.4 is 0 Å². The van der Waals surface area contributed by atoms with Crippen molar-refractivity contribution in [3.05, 3.63) is 42.2 Å². The molecule has 0 radical (unpaired) electrons. The first-order chi connectivity index (χ1) is 10.4. The van der Waals surface area contributed by atoms with Crippen LogP contribution in [0.2, 0.25) is 0 Å². The predicted octanol–water partition coefficient (Wildman–Crippen LogP) is 2.77. The first-order valence-corrected chi connectivity index (χ1v) is 7.32. The van der Waals surface area contributed by atoms with Gasteiger partial charge in [0.25, 0.3) is 0 Å². The van der Waals surface area contributed by atoms with E-state index in [1.54, 1.807) is 10.9 Å². The van der Waals surface area contributed by atoms with Crippen molar-refractivity contribution in [2.45, 2.75) is 45.9 Å². The molecule has 1 aromatic heterocycles. The fourth-order valence-electron chi connectivity index (χ4n) is 2.16. The van der Waals surface area contributed by atoms with Crippen LogP contribution >= 0.6 is 0 Å². The van der Waals surface area contributed by atoms with Gasteiger partial charge in [-0.3, -0.25) is 9.48 Å². The lowest BCUT2D eigenvalue weighted by molar-refractivity contribution is -0.155. The van der Waals surface area contributed by atoms with Crippen LogP contribution in [0.5, 0.6) is 0 Å². The van der Waals surface area contributed by atoms with Gasteiger partial charge in [0, 0.05) is 11.8 Å². The zero-order valence-electron chi connectivity index (χ0n) is 13.2. The van der Waals surface area contributed by atoms with Crippen molar-refractivity contribution in [1.82, 2.24) is 9.78 Å². The van der Waals surface area contributed by atoms with Gasteiger partial charge in [0.15, 0.2) is 0 Å². The van der Waals surface area contributed by atoms with Gasteiger partial charge in [-0.05, 0) is 31.9 Å². The molecule has 1 heterocycles. The first-order valence-electron chi connectivity index (χ1n) is 7.32. The first kappa shape index (κ1) is 16.2. The third kappa shape index (κ3) is 4.43. The maximum atomic E-state index is 11.7. The van der Waals surface area contributed by atoms with Gasteiger partial charge in [-0.1, -0.05) is 24.3 Å². The Labute approximate surface area is 130 Å². The molecule has 5 nitrogen and oxygen atoms in total. The maximum absolute atomic E-state index is 11.7. The number of hydrogen-bond acceptors (Lipinski definition) is 4. The molecule has 1 aromatic carbocycles. The molecule has 118 valence electrons. The largest absolute Gasteiger partial charge is 0.460 e. The number of aromatic nitrogens is 2. The van der Waals surface area contributed by atoms with Gasteiger partial charge >= 0.3 is 5.97 Å². The van der Waals surface area contributed by atoms with E-state index in [1.165, 1.54) is 0 Å². The second kappa shape index (κ2) is 6.75. The second-order valence-corrected chi connectivity index (χ2v) is 6.14. The highest BCUT2D eigenvalue weighted by atomic mass is 16.6. The third-order valence-electron chi connectivity index (χ3n) is 3.10. The monoisotopic (exact) mass is 302 g/mol. The average Bonchev–Trinajstić information content (AvgIpc) is 2.92. The highest BCUT2D eigenvalue weighted by molar-refractivity contribution is 5.70. The lowest BCUT2D eigenvalue weighted by Gasteiger charge is -2.19. The summed E-state index contributed by atoms with van der Waals surface area (Å²) in [4.78, 5) is 11.7. The Morgan fingerprint density at radius 3 is 2.73 bits per heavy atom. The van der Waals surface area contributed by atoms with Crippen molar-refractivity contribution >= 4 is 5.97 Å². The number of carbonyl (C=O) groups excluding carboxylic acids is 1. The summed E-state index contributed by atoms with van der Waals surface area (Å²) in [6.07, 6.45) is 3.89. The van der Waals surface area contributed by atoms with Crippen LogP contribution in [0.25, 0.3) is 11.1 Å². The van der Waals surface area contributed by atoms with Gasteiger partial charge in [0.2, 0.25) is 0 Å². The molecule has 0 saturated carbocycles. The number of nitrogens with zero attached hydrogens (tertiary/aromatic N) is 2. The second-order valence-electron chi connectivity index (χ2n) is 6.14. The molecule has 5 heteroatoms. The molecule has 0 amide bonds. The lowest BCUT2D eigenvalue weighted by atomic mass is 10.0. The molecule has 2 aromatic rings. The molecule has 0 aliphatic rings. The number of esters is 1. The maximum Gasteiger partial charge on any atom is 0.308 e. The Bertz CT molecular complexity index is 641. The van der Waals surface area contributed by atoms with E-state index in [0.717, 1.165) is 16.7 Å². The standard InChI is InChI=1S/C17H22N2O3/c1-17(2,3)22-16(21)8-9-19-11-14(10-18-19)15-7-5-4-6-13(15)12-20/h4-7,10-11,20H,8-9,12H2,1-3H3. The van der Waals surface area contributed by atoms with Crippen molar-refractivity contribution in [1.29, 1.82) is 0 Å². The Morgan fingerprint density at radius 1 is 1.32 bits per heavy atom. The predicted molar refractivity (Wildman–Crippen MR) is 84.0 cm³/mol. The van der Waals surface area contributed by atoms with E-state index in [9.17, 15) is 9.90 Å². The molecule has 0 spiro atoms. The van der Waals surface area contributed by atoms with Gasteiger partial charge in [0.05, 0.1) is 25.8 Å². The minimum Gasteiger partial charge on any atom is -0.460 e. The molecule has 0 bridgehead atoms. The highest BCUT2D eigenvalue weighted by Gasteiger charge is 2.16. The van der Waals surface area contributed by atoms with Crippen LogP contribution in [-0.2, 0) is 22.7 Å². The van der Waals surface area contributed by atoms with Gasteiger partial charge in [-0.15, -0.1) is 0 Å². The van der Waals surface area contributed by atoms with Crippen molar-refractivity contribution in [2.24, 2.45) is 0 Å². The summed E-state index contributed by atoms with van der Waals surface area (Å²) >= 11 is 0. The van der Waals surface area contributed by atoms with Crippen LogP contribution in [0.3, 0.4) is 0 Å². The number of hydrogen-bond donors (Lipinski definition) is 1. The van der Waals surface area contributed by atoms with Crippen molar-refractivity contribution in [2.75, 3.05) is 0 Å². The van der Waals surface area contributed by atoms with Crippen LogP contribution in [0, 0.1) is 0 Å². The molecule has 0 atom stereocenters. The number of ether oxygens (including phenoxy) is 1. The molecule has 1 N–H and O–H groups in total. The summed E-state index contributed by atoms with van der Waals surface area (Å²) in [7, 11) is 0. The minimum atomic E-state index is -0.466. The van der Waals surface area contributed by atoms with E-state index in [0.29, 0.717) is 6.54 Å². The SMILES string of the molecule is CC(C)(C)OC(=O)CCn1cc(-c2ccccc2CO)cn1. The molecule has 22 heavy (non-hydrogen) atoms. The molecule has 0 fully saturated rings. The van der Waals surface area contributed by atoms with Crippen LogP contribution in [-0.4, -0.2) is 26.5 Å². The number of aryl methyl sites for hydroxylation is 1. The average molecular weight is 302 g/mol. The van der Waals surface area contributed by atoms with Gasteiger partial charge in [-0.2, -0.15) is 5.10 Å². The number of carbonyl (C=O) groups is 1. The van der Waals surface area contributed by atoms with E-state index in [1.807, 2.05) is 51.2 Å². The topological polar surface area (TPSA) is 64.3 Å². The fourth-order valence-corrected chi connectivity index (χ4v) is 2.16. The number of aliphatic hydroxyl groups excluding tert-OH is 1. The molecule has 0 aliphatic carbocycles. The minimum absolute atomic E-state index is 0.0146. The molecule has 0 saturated heterocycles. The summed E-state index contributed by atoms with van der Waals surface area (Å²) in [5.74, 6) is -0.236. The third-order valence-corrected chi connectivity index (χ3v) is 3.10. The highest BCUT2D eigenvalue weighted by Crippen LogP contribution is 2.23. The Morgan fingerprint density at radius 2 is 2.05 bits per heavy atom. The molecular weight excluding hydrogens is 280 g/mol. The number of rotatable bonds is 5. The zero-order chi connectivity index (χ0) is 16.2. The molecule has 2 rings (SSSR count). The van der Waals surface area contributed by atoms with Gasteiger partial charge < -0.3 is 9.84 Å². The smallest absolute Gasteiger partial charge is 0.308 e. The van der Waals surface area contributed by atoms with Crippen molar-refractivity contribution in [3.8, 4) is 11.1 Å². The Hall–Kier alpha value is -2.14. The van der Waals surface area contributed by atoms with E-state index in [-0.39, 0.29) is 19.0 Å². The molecular formula is C17H22N2O3. The fraction of sp³-hybridized carbons (Fsp3) is 0.412. The quantitative estimate of drug-likeness (QED) is 0.863. The summed E-state index contributed by atoms with van der Waals surface area (Å²) in [5, 5.41) is 13.6. The number of aliphatic hydroxyl groups is 1. The summed E-state index contributed by atoms with van der Waals surface area (Å²) in [6, 6.07) is 7.64. The van der Waals surface area contributed by atoms with Crippen molar-refractivity contribution in [3.63, 3.8) is 0 Å². The van der Waals surface area contributed by atoms with E-state index in [4.69, 9.17) is 4.74 Å². The zero-order valence-corrected chi connectivity index (χ0v) is 13.2. The van der Waals surface area contributed by atoms with Gasteiger partial charge in [-0.25, -0.2) is 0 Å². The summed E-state index contributed by atoms with van der Waals surface area (Å²) in [6.45, 7) is 6.00. The van der Waals surface area contributed by atoms with Crippen LogP contribution in [0.1, 0.15) is 32.8 Å². The normalized spacial score (nSPS) is 11.5. The van der Waals surface area contributed by atoms with E-state index < -0.39 is 5.60 Å². The lowest BCUT2D eigenvalue weighted by Crippen LogP contribution is -2.24. The summed E-state index contributed by atoms with van der Waals surface area (Å²) < 4.78 is 6.99. The van der Waals surface area contributed by atoms with Crippen molar-refractivity contribution < 1.29 is 14.6 Å².